The molecule has 0 aromatic carbocycles. The van der Waals surface area contributed by atoms with Gasteiger partial charge in [0.1, 0.15) is 5.84 Å². The maximum absolute atomic E-state index is 5.22. The summed E-state index contributed by atoms with van der Waals surface area (Å²) in [5.74, 6) is 1.58. The van der Waals surface area contributed by atoms with Crippen molar-refractivity contribution < 1.29 is 4.74 Å². The molecule has 0 saturated carbocycles. The van der Waals surface area contributed by atoms with E-state index in [1.165, 1.54) is 19.3 Å². The van der Waals surface area contributed by atoms with Crippen LogP contribution < -0.4 is 0 Å². The van der Waals surface area contributed by atoms with Crippen molar-refractivity contribution in [3.05, 3.63) is 11.5 Å². The summed E-state index contributed by atoms with van der Waals surface area (Å²) in [4.78, 5) is 10.8. The van der Waals surface area contributed by atoms with Gasteiger partial charge in [0.05, 0.1) is 12.7 Å². The van der Waals surface area contributed by atoms with Crippen LogP contribution in [0.2, 0.25) is 0 Å². The van der Waals surface area contributed by atoms with Gasteiger partial charge in [-0.3, -0.25) is 4.99 Å². The highest BCUT2D eigenvalue weighted by atomic mass is 16.5. The minimum atomic E-state index is 0.572. The van der Waals surface area contributed by atoms with Gasteiger partial charge in [0.25, 0.3) is 0 Å². The standard InChI is InChI=1S/C13H23N3O/c1-5-15-12(11(2)13(14-3)17-4)16-9-7-6-8-10-16/h3,5-10H2,1-2,4H3/b13-11-,15-12?. The maximum Gasteiger partial charge on any atom is 0.219 e. The molecule has 4 nitrogen and oxygen atoms in total. The van der Waals surface area contributed by atoms with Crippen LogP contribution in [0, 0.1) is 0 Å². The van der Waals surface area contributed by atoms with E-state index in [2.05, 4.69) is 21.6 Å². The predicted octanol–water partition coefficient (Wildman–Crippen LogP) is 2.47. The zero-order chi connectivity index (χ0) is 12.7. The van der Waals surface area contributed by atoms with E-state index in [1.807, 2.05) is 13.8 Å². The third-order valence-corrected chi connectivity index (χ3v) is 2.96. The Balaban J connectivity index is 2.95. The molecule has 0 N–H and O–H groups in total. The largest absolute Gasteiger partial charge is 0.481 e. The number of hydrogen-bond acceptors (Lipinski definition) is 3. The van der Waals surface area contributed by atoms with Crippen molar-refractivity contribution in [1.29, 1.82) is 0 Å². The van der Waals surface area contributed by atoms with Gasteiger partial charge in [0.2, 0.25) is 5.88 Å². The Labute approximate surface area is 104 Å². The number of piperidine rings is 1. The second-order valence-corrected chi connectivity index (χ2v) is 4.14. The molecule has 0 aromatic rings. The smallest absolute Gasteiger partial charge is 0.219 e. The van der Waals surface area contributed by atoms with Crippen molar-refractivity contribution in [1.82, 2.24) is 4.90 Å². The topological polar surface area (TPSA) is 37.2 Å². The molecule has 0 bridgehead atoms. The first-order valence-corrected chi connectivity index (χ1v) is 6.26. The summed E-state index contributed by atoms with van der Waals surface area (Å²) in [6.45, 7) is 10.5. The second-order valence-electron chi connectivity index (χ2n) is 4.14. The van der Waals surface area contributed by atoms with E-state index < -0.39 is 0 Å². The summed E-state index contributed by atoms with van der Waals surface area (Å²) in [5.41, 5.74) is 0.978. The summed E-state index contributed by atoms with van der Waals surface area (Å²) in [5, 5.41) is 0. The van der Waals surface area contributed by atoms with Crippen molar-refractivity contribution in [3.63, 3.8) is 0 Å². The van der Waals surface area contributed by atoms with Crippen LogP contribution in [0.15, 0.2) is 21.4 Å². The van der Waals surface area contributed by atoms with Crippen LogP contribution in [0.3, 0.4) is 0 Å². The van der Waals surface area contributed by atoms with Crippen molar-refractivity contribution >= 4 is 12.6 Å². The molecule has 0 amide bonds. The monoisotopic (exact) mass is 237 g/mol. The zero-order valence-corrected chi connectivity index (χ0v) is 11.2. The number of amidine groups is 1. The molecule has 1 heterocycles. The fourth-order valence-corrected chi connectivity index (χ4v) is 2.14. The Bertz CT molecular complexity index is 315. The maximum atomic E-state index is 5.22. The van der Waals surface area contributed by atoms with Gasteiger partial charge < -0.3 is 9.64 Å². The van der Waals surface area contributed by atoms with E-state index in [9.17, 15) is 0 Å². The SMILES string of the molecule is C=N/C(OC)=C(\C)C(=NCC)N1CCCCC1. The van der Waals surface area contributed by atoms with Gasteiger partial charge in [-0.25, -0.2) is 4.99 Å². The van der Waals surface area contributed by atoms with Crippen LogP contribution in [-0.2, 0) is 4.74 Å². The summed E-state index contributed by atoms with van der Waals surface area (Å²) in [6.07, 6.45) is 3.79. The molecule has 0 radical (unpaired) electrons. The fourth-order valence-electron chi connectivity index (χ4n) is 2.14. The Morgan fingerprint density at radius 2 is 1.94 bits per heavy atom. The summed E-state index contributed by atoms with van der Waals surface area (Å²) >= 11 is 0. The summed E-state index contributed by atoms with van der Waals surface area (Å²) in [6, 6.07) is 0. The molecule has 0 aliphatic carbocycles. The lowest BCUT2D eigenvalue weighted by atomic mass is 10.1. The van der Waals surface area contributed by atoms with Gasteiger partial charge in [0, 0.05) is 19.6 Å². The van der Waals surface area contributed by atoms with Crippen molar-refractivity contribution in [2.24, 2.45) is 9.98 Å². The molecular weight excluding hydrogens is 214 g/mol. The molecule has 0 atom stereocenters. The Hall–Kier alpha value is -1.32. The third-order valence-electron chi connectivity index (χ3n) is 2.96. The van der Waals surface area contributed by atoms with E-state index in [4.69, 9.17) is 4.74 Å². The molecule has 0 spiro atoms. The Kier molecular flexibility index (Phi) is 5.73. The number of rotatable bonds is 4. The minimum Gasteiger partial charge on any atom is -0.481 e. The predicted molar refractivity (Wildman–Crippen MR) is 72.7 cm³/mol. The molecule has 1 aliphatic heterocycles. The first-order chi connectivity index (χ1) is 8.24. The van der Waals surface area contributed by atoms with Gasteiger partial charge in [-0.2, -0.15) is 0 Å². The molecular formula is C13H23N3O. The molecule has 1 saturated heterocycles. The Morgan fingerprint density at radius 1 is 1.29 bits per heavy atom. The summed E-state index contributed by atoms with van der Waals surface area (Å²) in [7, 11) is 1.62. The molecule has 1 aliphatic rings. The van der Waals surface area contributed by atoms with E-state index in [0.29, 0.717) is 5.88 Å². The van der Waals surface area contributed by atoms with Crippen LogP contribution in [0.5, 0.6) is 0 Å². The average molecular weight is 237 g/mol. The first kappa shape index (κ1) is 13.7. The van der Waals surface area contributed by atoms with Crippen LogP contribution in [0.4, 0.5) is 0 Å². The van der Waals surface area contributed by atoms with Gasteiger partial charge in [-0.15, -0.1) is 0 Å². The highest BCUT2D eigenvalue weighted by Gasteiger charge is 2.18. The fraction of sp³-hybridized carbons (Fsp3) is 0.692. The number of ether oxygens (including phenoxy) is 1. The van der Waals surface area contributed by atoms with Gasteiger partial charge in [-0.1, -0.05) is 0 Å². The van der Waals surface area contributed by atoms with E-state index in [0.717, 1.165) is 31.0 Å². The van der Waals surface area contributed by atoms with Crippen molar-refractivity contribution in [2.75, 3.05) is 26.7 Å². The minimum absolute atomic E-state index is 0.572. The van der Waals surface area contributed by atoms with Gasteiger partial charge in [0.15, 0.2) is 0 Å². The lowest BCUT2D eigenvalue weighted by Gasteiger charge is -2.30. The van der Waals surface area contributed by atoms with E-state index in [-0.39, 0.29) is 0 Å². The lowest BCUT2D eigenvalue weighted by molar-refractivity contribution is 0.283. The first-order valence-electron chi connectivity index (χ1n) is 6.26. The molecule has 0 aromatic heterocycles. The van der Waals surface area contributed by atoms with E-state index >= 15 is 0 Å². The molecule has 0 unspecified atom stereocenters. The lowest BCUT2D eigenvalue weighted by Crippen LogP contribution is -2.37. The normalized spacial score (nSPS) is 18.8. The molecule has 4 heteroatoms. The summed E-state index contributed by atoms with van der Waals surface area (Å²) < 4.78 is 5.22. The third kappa shape index (κ3) is 3.58. The van der Waals surface area contributed by atoms with Crippen molar-refractivity contribution in [2.45, 2.75) is 33.1 Å². The number of nitrogens with zero attached hydrogens (tertiary/aromatic N) is 3. The molecule has 17 heavy (non-hydrogen) atoms. The van der Waals surface area contributed by atoms with Gasteiger partial charge >= 0.3 is 0 Å². The number of hydrogen-bond donors (Lipinski definition) is 0. The van der Waals surface area contributed by atoms with Crippen LogP contribution in [0.1, 0.15) is 33.1 Å². The zero-order valence-electron chi connectivity index (χ0n) is 11.2. The number of methoxy groups -OCH3 is 1. The van der Waals surface area contributed by atoms with E-state index in [1.54, 1.807) is 7.11 Å². The van der Waals surface area contributed by atoms with Crippen LogP contribution in [-0.4, -0.2) is 44.2 Å². The molecule has 1 rings (SSSR count). The highest BCUT2D eigenvalue weighted by Crippen LogP contribution is 2.16. The van der Waals surface area contributed by atoms with Crippen molar-refractivity contribution in [3.8, 4) is 0 Å². The van der Waals surface area contributed by atoms with Crippen LogP contribution in [0.25, 0.3) is 0 Å². The number of likely N-dealkylation sites (tertiary alicyclic amines) is 1. The average Bonchev–Trinajstić information content (AvgIpc) is 2.38. The molecule has 96 valence electrons. The molecule has 1 fully saturated rings. The Morgan fingerprint density at radius 3 is 2.41 bits per heavy atom. The quantitative estimate of drug-likeness (QED) is 0.428. The van der Waals surface area contributed by atoms with Gasteiger partial charge in [-0.05, 0) is 39.8 Å². The number of aliphatic imine (C=N–C) groups is 2. The van der Waals surface area contributed by atoms with Crippen LogP contribution >= 0.6 is 0 Å². The highest BCUT2D eigenvalue weighted by molar-refractivity contribution is 5.98. The second kappa shape index (κ2) is 7.09.